The number of carbonyl (C=O) groups is 1. The zero-order chi connectivity index (χ0) is 23.2. The van der Waals surface area contributed by atoms with E-state index in [1.165, 1.54) is 10.9 Å². The predicted molar refractivity (Wildman–Crippen MR) is 136 cm³/mol. The number of hydrogen-bond acceptors (Lipinski definition) is 4. The molecule has 0 saturated heterocycles. The van der Waals surface area contributed by atoms with Crippen molar-refractivity contribution in [3.63, 3.8) is 0 Å². The molecule has 33 heavy (non-hydrogen) atoms. The third kappa shape index (κ3) is 5.82. The minimum absolute atomic E-state index is 0.101. The summed E-state index contributed by atoms with van der Waals surface area (Å²) in [5.41, 5.74) is 4.93. The number of hydrogen-bond donors (Lipinski definition) is 1. The van der Waals surface area contributed by atoms with E-state index in [2.05, 4.69) is 59.3 Å². The molecule has 3 aromatic carbocycles. The van der Waals surface area contributed by atoms with Gasteiger partial charge in [-0.1, -0.05) is 12.1 Å². The minimum atomic E-state index is 0.101. The number of fused-ring (bicyclic) bond motifs is 1. The van der Waals surface area contributed by atoms with Gasteiger partial charge in [0.25, 0.3) is 0 Å². The average molecular weight is 442 g/mol. The van der Waals surface area contributed by atoms with E-state index in [1.807, 2.05) is 48.5 Å². The Balaban J connectivity index is 1.38. The van der Waals surface area contributed by atoms with Gasteiger partial charge in [-0.15, -0.1) is 0 Å². The SMILES string of the molecule is COc1ccc(CC(=O)c2ccc(Nc3ccc4c(ccn4CCCN(C)C)c3)cc2)cc1. The number of Topliss-reactive ketones (excluding diaryl/α,β-unsaturated/α-hetero) is 1. The standard InChI is InChI=1S/C28H31N3O2/c1-30(2)16-4-17-31-18-15-23-20-25(11-14-27(23)31)29-24-9-7-22(8-10-24)28(32)19-21-5-12-26(33-3)13-6-21/h5-15,18,20,29H,4,16-17,19H2,1-3H3. The lowest BCUT2D eigenvalue weighted by molar-refractivity contribution is 0.0993. The summed E-state index contributed by atoms with van der Waals surface area (Å²) < 4.78 is 7.49. The minimum Gasteiger partial charge on any atom is -0.497 e. The summed E-state index contributed by atoms with van der Waals surface area (Å²) in [5, 5.41) is 4.67. The van der Waals surface area contributed by atoms with Crippen LogP contribution < -0.4 is 10.1 Å². The fourth-order valence-corrected chi connectivity index (χ4v) is 3.97. The Kier molecular flexibility index (Phi) is 7.10. The molecule has 5 heteroatoms. The van der Waals surface area contributed by atoms with Gasteiger partial charge < -0.3 is 19.5 Å². The largest absolute Gasteiger partial charge is 0.497 e. The molecule has 4 aromatic rings. The molecule has 0 spiro atoms. The summed E-state index contributed by atoms with van der Waals surface area (Å²) in [6.45, 7) is 2.10. The first-order chi connectivity index (χ1) is 16.0. The number of ether oxygens (including phenoxy) is 1. The average Bonchev–Trinajstić information content (AvgIpc) is 3.22. The predicted octanol–water partition coefficient (Wildman–Crippen LogP) is 5.77. The van der Waals surface area contributed by atoms with Gasteiger partial charge in [-0.05, 0) is 93.3 Å². The molecule has 0 aliphatic carbocycles. The summed E-state index contributed by atoms with van der Waals surface area (Å²) in [7, 11) is 5.85. The zero-order valence-corrected chi connectivity index (χ0v) is 19.5. The van der Waals surface area contributed by atoms with Crippen molar-refractivity contribution in [3.05, 3.63) is 90.1 Å². The molecule has 0 aliphatic heterocycles. The van der Waals surface area contributed by atoms with E-state index in [0.717, 1.165) is 42.2 Å². The third-order valence-corrected chi connectivity index (χ3v) is 5.79. The first-order valence-electron chi connectivity index (χ1n) is 11.3. The van der Waals surface area contributed by atoms with Crippen LogP contribution in [-0.4, -0.2) is 43.0 Å². The Morgan fingerprint density at radius 3 is 2.36 bits per heavy atom. The lowest BCUT2D eigenvalue weighted by atomic mass is 10.0. The van der Waals surface area contributed by atoms with Gasteiger partial charge in [0.1, 0.15) is 5.75 Å². The number of nitrogens with zero attached hydrogens (tertiary/aromatic N) is 2. The molecule has 5 nitrogen and oxygen atoms in total. The van der Waals surface area contributed by atoms with Gasteiger partial charge >= 0.3 is 0 Å². The summed E-state index contributed by atoms with van der Waals surface area (Å²) in [4.78, 5) is 14.9. The molecule has 0 amide bonds. The van der Waals surface area contributed by atoms with E-state index in [4.69, 9.17) is 4.74 Å². The van der Waals surface area contributed by atoms with Crippen molar-refractivity contribution >= 4 is 28.1 Å². The Bertz CT molecular complexity index is 1210. The topological polar surface area (TPSA) is 46.5 Å². The maximum atomic E-state index is 12.6. The van der Waals surface area contributed by atoms with E-state index in [-0.39, 0.29) is 5.78 Å². The second-order valence-corrected chi connectivity index (χ2v) is 8.59. The first-order valence-corrected chi connectivity index (χ1v) is 11.3. The fraction of sp³-hybridized carbons (Fsp3) is 0.250. The monoisotopic (exact) mass is 441 g/mol. The second-order valence-electron chi connectivity index (χ2n) is 8.59. The Hall–Kier alpha value is -3.57. The van der Waals surface area contributed by atoms with Crippen molar-refractivity contribution < 1.29 is 9.53 Å². The van der Waals surface area contributed by atoms with Crippen LogP contribution in [0, 0.1) is 0 Å². The van der Waals surface area contributed by atoms with Gasteiger partial charge in [-0.2, -0.15) is 0 Å². The maximum absolute atomic E-state index is 12.6. The van der Waals surface area contributed by atoms with Crippen molar-refractivity contribution in [1.82, 2.24) is 9.47 Å². The molecule has 0 saturated carbocycles. The van der Waals surface area contributed by atoms with Crippen molar-refractivity contribution in [3.8, 4) is 5.75 Å². The van der Waals surface area contributed by atoms with Crippen LogP contribution in [-0.2, 0) is 13.0 Å². The molecular formula is C28H31N3O2. The van der Waals surface area contributed by atoms with Crippen LogP contribution in [0.1, 0.15) is 22.3 Å². The van der Waals surface area contributed by atoms with Crippen molar-refractivity contribution in [2.24, 2.45) is 0 Å². The third-order valence-electron chi connectivity index (χ3n) is 5.79. The Morgan fingerprint density at radius 2 is 1.67 bits per heavy atom. The highest BCUT2D eigenvalue weighted by atomic mass is 16.5. The van der Waals surface area contributed by atoms with Crippen LogP contribution in [0.15, 0.2) is 79.0 Å². The number of aromatic nitrogens is 1. The Morgan fingerprint density at radius 1 is 0.939 bits per heavy atom. The van der Waals surface area contributed by atoms with Crippen LogP contribution >= 0.6 is 0 Å². The molecule has 1 heterocycles. The van der Waals surface area contributed by atoms with Crippen LogP contribution in [0.4, 0.5) is 11.4 Å². The molecule has 0 bridgehead atoms. The van der Waals surface area contributed by atoms with Gasteiger partial charge in [0.15, 0.2) is 5.78 Å². The molecule has 170 valence electrons. The van der Waals surface area contributed by atoms with E-state index in [0.29, 0.717) is 12.0 Å². The van der Waals surface area contributed by atoms with Gasteiger partial charge in [0.05, 0.1) is 7.11 Å². The summed E-state index contributed by atoms with van der Waals surface area (Å²) >= 11 is 0. The number of aryl methyl sites for hydroxylation is 1. The normalized spacial score (nSPS) is 11.2. The lowest BCUT2D eigenvalue weighted by Gasteiger charge is -2.11. The maximum Gasteiger partial charge on any atom is 0.167 e. The second kappa shape index (κ2) is 10.4. The van der Waals surface area contributed by atoms with Crippen LogP contribution in [0.5, 0.6) is 5.75 Å². The molecule has 1 N–H and O–H groups in total. The molecule has 0 unspecified atom stereocenters. The first kappa shape index (κ1) is 22.6. The number of anilines is 2. The number of methoxy groups -OCH3 is 1. The molecule has 0 aliphatic rings. The molecule has 1 aromatic heterocycles. The van der Waals surface area contributed by atoms with Gasteiger partial charge in [-0.25, -0.2) is 0 Å². The highest BCUT2D eigenvalue weighted by Crippen LogP contribution is 2.24. The molecular weight excluding hydrogens is 410 g/mol. The van der Waals surface area contributed by atoms with Crippen LogP contribution in [0.2, 0.25) is 0 Å². The molecule has 0 fully saturated rings. The van der Waals surface area contributed by atoms with Crippen molar-refractivity contribution in [2.45, 2.75) is 19.4 Å². The van der Waals surface area contributed by atoms with Gasteiger partial charge in [0.2, 0.25) is 0 Å². The summed E-state index contributed by atoms with van der Waals surface area (Å²) in [5.74, 6) is 0.893. The van der Waals surface area contributed by atoms with E-state index < -0.39 is 0 Å². The Labute approximate surface area is 195 Å². The van der Waals surface area contributed by atoms with Gasteiger partial charge in [0, 0.05) is 47.0 Å². The summed E-state index contributed by atoms with van der Waals surface area (Å²) in [6, 6.07) is 23.9. The molecule has 4 rings (SSSR count). The molecule has 0 radical (unpaired) electrons. The summed E-state index contributed by atoms with van der Waals surface area (Å²) in [6.07, 6.45) is 3.66. The zero-order valence-electron chi connectivity index (χ0n) is 19.5. The number of benzene rings is 3. The van der Waals surface area contributed by atoms with Crippen LogP contribution in [0.3, 0.4) is 0 Å². The van der Waals surface area contributed by atoms with E-state index >= 15 is 0 Å². The quantitative estimate of drug-likeness (QED) is 0.317. The van der Waals surface area contributed by atoms with E-state index in [1.54, 1.807) is 7.11 Å². The fourth-order valence-electron chi connectivity index (χ4n) is 3.97. The van der Waals surface area contributed by atoms with Gasteiger partial charge in [-0.3, -0.25) is 4.79 Å². The van der Waals surface area contributed by atoms with Crippen LogP contribution in [0.25, 0.3) is 10.9 Å². The van der Waals surface area contributed by atoms with E-state index in [9.17, 15) is 4.79 Å². The number of rotatable bonds is 10. The van der Waals surface area contributed by atoms with Crippen molar-refractivity contribution in [1.29, 1.82) is 0 Å². The van der Waals surface area contributed by atoms with Crippen molar-refractivity contribution in [2.75, 3.05) is 33.1 Å². The number of carbonyl (C=O) groups excluding carboxylic acids is 1. The highest BCUT2D eigenvalue weighted by Gasteiger charge is 2.08. The lowest BCUT2D eigenvalue weighted by Crippen LogP contribution is -2.14. The molecule has 0 atom stereocenters. The highest BCUT2D eigenvalue weighted by molar-refractivity contribution is 5.98. The number of ketones is 1. The number of nitrogens with one attached hydrogen (secondary N) is 1. The smallest absolute Gasteiger partial charge is 0.167 e.